The van der Waals surface area contributed by atoms with Gasteiger partial charge >= 0.3 is 0 Å². The summed E-state index contributed by atoms with van der Waals surface area (Å²) in [5, 5.41) is 10.2. The van der Waals surface area contributed by atoms with Gasteiger partial charge in [-0.1, -0.05) is 41.4 Å². The number of benzene rings is 2. The Morgan fingerprint density at radius 3 is 2.77 bits per heavy atom. The molecule has 4 aromatic rings. The van der Waals surface area contributed by atoms with Crippen molar-refractivity contribution in [3.05, 3.63) is 69.0 Å². The number of fused-ring (bicyclic) bond motifs is 1. The lowest BCUT2D eigenvalue weighted by atomic mass is 10.1. The van der Waals surface area contributed by atoms with Gasteiger partial charge in [-0.15, -0.1) is 16.4 Å². The van der Waals surface area contributed by atoms with Gasteiger partial charge < -0.3 is 0 Å². The quantitative estimate of drug-likeness (QED) is 0.503. The van der Waals surface area contributed by atoms with Gasteiger partial charge in [0.25, 0.3) is 11.9 Å². The number of hydrogen-bond donors (Lipinski definition) is 1. The van der Waals surface area contributed by atoms with Crippen LogP contribution in [-0.4, -0.2) is 20.5 Å². The van der Waals surface area contributed by atoms with Crippen LogP contribution in [0, 0.1) is 6.92 Å². The zero-order valence-corrected chi connectivity index (χ0v) is 15.9. The predicted octanol–water partition coefficient (Wildman–Crippen LogP) is 5.33. The van der Waals surface area contributed by atoms with Crippen LogP contribution in [0.3, 0.4) is 0 Å². The topological polar surface area (TPSA) is 59.3 Å². The van der Waals surface area contributed by atoms with Crippen LogP contribution in [0.5, 0.6) is 0 Å². The normalized spacial score (nSPS) is 11.0. The number of halogens is 2. The number of thiazole rings is 1. The summed E-state index contributed by atoms with van der Waals surface area (Å²) in [6, 6.07) is 12.6. The lowest BCUT2D eigenvalue weighted by Crippen LogP contribution is -2.14. The molecule has 0 aliphatic rings. The number of carbonyl (C=O) groups excluding carboxylic acids is 1. The third kappa shape index (κ3) is 3.07. The molecule has 26 heavy (non-hydrogen) atoms. The Labute approximate surface area is 163 Å². The maximum absolute atomic E-state index is 12.4. The van der Waals surface area contributed by atoms with E-state index in [4.69, 9.17) is 23.2 Å². The van der Waals surface area contributed by atoms with Crippen LogP contribution >= 0.6 is 34.5 Å². The SMILES string of the molecule is Cc1ccccc1C(=O)Nc1nc2scc(-c3ccc(Cl)cc3Cl)n2n1. The van der Waals surface area contributed by atoms with Gasteiger partial charge in [0.2, 0.25) is 4.96 Å². The highest BCUT2D eigenvalue weighted by Crippen LogP contribution is 2.33. The molecule has 0 atom stereocenters. The molecule has 0 radical (unpaired) electrons. The summed E-state index contributed by atoms with van der Waals surface area (Å²) in [7, 11) is 0. The van der Waals surface area contributed by atoms with Crippen molar-refractivity contribution < 1.29 is 4.79 Å². The number of nitrogens with one attached hydrogen (secondary N) is 1. The van der Waals surface area contributed by atoms with Crippen molar-refractivity contribution in [2.75, 3.05) is 5.32 Å². The van der Waals surface area contributed by atoms with Gasteiger partial charge in [-0.3, -0.25) is 10.1 Å². The lowest BCUT2D eigenvalue weighted by Gasteiger charge is -2.04. The molecule has 2 heterocycles. The fraction of sp³-hybridized carbons (Fsp3) is 0.0556. The third-order valence-electron chi connectivity index (χ3n) is 3.90. The van der Waals surface area contributed by atoms with E-state index < -0.39 is 0 Å². The van der Waals surface area contributed by atoms with Gasteiger partial charge in [-0.25, -0.2) is 4.52 Å². The molecule has 1 N–H and O–H groups in total. The number of amides is 1. The summed E-state index contributed by atoms with van der Waals surface area (Å²) in [6.45, 7) is 1.88. The number of anilines is 1. The van der Waals surface area contributed by atoms with Crippen LogP contribution in [-0.2, 0) is 0 Å². The van der Waals surface area contributed by atoms with Crippen molar-refractivity contribution in [1.29, 1.82) is 0 Å². The summed E-state index contributed by atoms with van der Waals surface area (Å²) in [4.78, 5) is 17.5. The third-order valence-corrected chi connectivity index (χ3v) is 5.27. The number of rotatable bonds is 3. The standard InChI is InChI=1S/C18H12Cl2N4OS/c1-10-4-2-3-5-12(10)16(25)21-17-22-18-24(23-17)15(9-26-18)13-7-6-11(19)8-14(13)20/h2-9H,1H3,(H,21,23,25). The van der Waals surface area contributed by atoms with Gasteiger partial charge in [-0.2, -0.15) is 4.98 Å². The second kappa shape index (κ2) is 6.72. The monoisotopic (exact) mass is 402 g/mol. The smallest absolute Gasteiger partial charge is 0.258 e. The molecular weight excluding hydrogens is 391 g/mol. The first-order valence-electron chi connectivity index (χ1n) is 7.69. The Hall–Kier alpha value is -2.41. The van der Waals surface area contributed by atoms with E-state index >= 15 is 0 Å². The highest BCUT2D eigenvalue weighted by molar-refractivity contribution is 7.15. The molecule has 130 valence electrons. The number of aryl methyl sites for hydroxylation is 1. The molecule has 2 aromatic carbocycles. The largest absolute Gasteiger partial charge is 0.289 e. The summed E-state index contributed by atoms with van der Waals surface area (Å²) in [5.74, 6) is 0.00358. The molecule has 2 aromatic heterocycles. The molecular formula is C18H12Cl2N4OS. The Kier molecular flexibility index (Phi) is 4.40. The lowest BCUT2D eigenvalue weighted by molar-refractivity contribution is 0.102. The second-order valence-corrected chi connectivity index (χ2v) is 7.32. The van der Waals surface area contributed by atoms with E-state index in [2.05, 4.69) is 15.4 Å². The van der Waals surface area contributed by atoms with Gasteiger partial charge in [0.1, 0.15) is 0 Å². The molecule has 0 aliphatic heterocycles. The van der Waals surface area contributed by atoms with Crippen molar-refractivity contribution >= 4 is 51.4 Å². The zero-order chi connectivity index (χ0) is 18.3. The Morgan fingerprint density at radius 2 is 2.00 bits per heavy atom. The van der Waals surface area contributed by atoms with Crippen LogP contribution in [0.15, 0.2) is 47.8 Å². The fourth-order valence-electron chi connectivity index (χ4n) is 2.61. The van der Waals surface area contributed by atoms with Crippen LogP contribution in [0.25, 0.3) is 16.2 Å². The molecule has 0 aliphatic carbocycles. The first-order chi connectivity index (χ1) is 12.5. The van der Waals surface area contributed by atoms with Crippen LogP contribution < -0.4 is 5.32 Å². The van der Waals surface area contributed by atoms with E-state index in [-0.39, 0.29) is 11.9 Å². The highest BCUT2D eigenvalue weighted by atomic mass is 35.5. The van der Waals surface area contributed by atoms with E-state index in [9.17, 15) is 4.79 Å². The number of aromatic nitrogens is 3. The second-order valence-electron chi connectivity index (χ2n) is 5.64. The summed E-state index contributed by atoms with van der Waals surface area (Å²) in [6.07, 6.45) is 0. The minimum absolute atomic E-state index is 0.243. The minimum Gasteiger partial charge on any atom is -0.289 e. The minimum atomic E-state index is -0.243. The molecule has 0 spiro atoms. The fourth-order valence-corrected chi connectivity index (χ4v) is 3.94. The first-order valence-corrected chi connectivity index (χ1v) is 9.33. The van der Waals surface area contributed by atoms with E-state index in [1.165, 1.54) is 11.3 Å². The van der Waals surface area contributed by atoms with Crippen molar-refractivity contribution in [3.63, 3.8) is 0 Å². The molecule has 0 unspecified atom stereocenters. The van der Waals surface area contributed by atoms with Gasteiger partial charge in [0, 0.05) is 21.5 Å². The van der Waals surface area contributed by atoms with E-state index in [1.54, 1.807) is 22.7 Å². The zero-order valence-electron chi connectivity index (χ0n) is 13.5. The molecule has 0 saturated heterocycles. The van der Waals surface area contributed by atoms with Gasteiger partial charge in [-0.05, 0) is 36.8 Å². The van der Waals surface area contributed by atoms with Crippen LogP contribution in [0.2, 0.25) is 10.0 Å². The highest BCUT2D eigenvalue weighted by Gasteiger charge is 2.16. The molecule has 0 saturated carbocycles. The molecule has 0 bridgehead atoms. The Bertz CT molecular complexity index is 1140. The average Bonchev–Trinajstić information content (AvgIpc) is 3.16. The average molecular weight is 403 g/mol. The van der Waals surface area contributed by atoms with Crippen molar-refractivity contribution in [2.45, 2.75) is 6.92 Å². The summed E-state index contributed by atoms with van der Waals surface area (Å²) >= 11 is 13.7. The summed E-state index contributed by atoms with van der Waals surface area (Å²) in [5.41, 5.74) is 3.06. The van der Waals surface area contributed by atoms with E-state index in [0.29, 0.717) is 20.6 Å². The van der Waals surface area contributed by atoms with Crippen molar-refractivity contribution in [2.24, 2.45) is 0 Å². The van der Waals surface area contributed by atoms with Crippen molar-refractivity contribution in [1.82, 2.24) is 14.6 Å². The summed E-state index contributed by atoms with van der Waals surface area (Å²) < 4.78 is 1.66. The Morgan fingerprint density at radius 1 is 1.19 bits per heavy atom. The maximum Gasteiger partial charge on any atom is 0.258 e. The van der Waals surface area contributed by atoms with E-state index in [0.717, 1.165) is 16.8 Å². The maximum atomic E-state index is 12.4. The van der Waals surface area contributed by atoms with Crippen LogP contribution in [0.4, 0.5) is 5.95 Å². The van der Waals surface area contributed by atoms with E-state index in [1.807, 2.05) is 36.6 Å². The van der Waals surface area contributed by atoms with Gasteiger partial charge in [0.15, 0.2) is 0 Å². The molecule has 0 fully saturated rings. The van der Waals surface area contributed by atoms with Crippen molar-refractivity contribution in [3.8, 4) is 11.3 Å². The van der Waals surface area contributed by atoms with Gasteiger partial charge in [0.05, 0.1) is 10.7 Å². The Balaban J connectivity index is 1.68. The van der Waals surface area contributed by atoms with Crippen LogP contribution in [0.1, 0.15) is 15.9 Å². The molecule has 8 heteroatoms. The predicted molar refractivity (Wildman–Crippen MR) is 105 cm³/mol. The molecule has 4 rings (SSSR count). The number of hydrogen-bond acceptors (Lipinski definition) is 4. The number of nitrogens with zero attached hydrogens (tertiary/aromatic N) is 3. The molecule has 1 amide bonds. The molecule has 5 nitrogen and oxygen atoms in total. The number of carbonyl (C=O) groups is 1. The first kappa shape index (κ1) is 17.0.